The quantitative estimate of drug-likeness (QED) is 0.814. The molecule has 0 aliphatic heterocycles. The van der Waals surface area contributed by atoms with Crippen LogP contribution in [-0.2, 0) is 9.53 Å². The van der Waals surface area contributed by atoms with Gasteiger partial charge in [-0.25, -0.2) is 4.79 Å². The van der Waals surface area contributed by atoms with Gasteiger partial charge in [-0.1, -0.05) is 6.07 Å². The molecule has 0 spiro atoms. The molecule has 114 valence electrons. The van der Waals surface area contributed by atoms with Gasteiger partial charge >= 0.3 is 5.97 Å². The normalized spacial score (nSPS) is 9.86. The molecule has 0 saturated carbocycles. The first-order chi connectivity index (χ1) is 10.6. The lowest BCUT2D eigenvalue weighted by Crippen LogP contribution is -2.32. The number of hydrogen-bond donors (Lipinski definition) is 2. The van der Waals surface area contributed by atoms with Crippen molar-refractivity contribution in [2.24, 2.45) is 0 Å². The van der Waals surface area contributed by atoms with Crippen LogP contribution in [0.3, 0.4) is 0 Å². The smallest absolute Gasteiger partial charge is 0.337 e. The number of rotatable bonds is 5. The maximum absolute atomic E-state index is 11.8. The predicted octanol–water partition coefficient (Wildman–Crippen LogP) is 1.43. The molecule has 1 aromatic heterocycles. The fourth-order valence-electron chi connectivity index (χ4n) is 1.70. The van der Waals surface area contributed by atoms with Gasteiger partial charge in [0.15, 0.2) is 5.76 Å². The van der Waals surface area contributed by atoms with Crippen molar-refractivity contribution in [1.82, 2.24) is 5.32 Å². The van der Waals surface area contributed by atoms with Gasteiger partial charge in [-0.3, -0.25) is 9.59 Å². The molecule has 0 aliphatic carbocycles. The average molecular weight is 302 g/mol. The van der Waals surface area contributed by atoms with E-state index in [0.717, 1.165) is 0 Å². The van der Waals surface area contributed by atoms with Crippen molar-refractivity contribution in [2.75, 3.05) is 19.0 Å². The number of carbonyl (C=O) groups excluding carboxylic acids is 3. The molecule has 22 heavy (non-hydrogen) atoms. The van der Waals surface area contributed by atoms with E-state index in [0.29, 0.717) is 11.3 Å². The summed E-state index contributed by atoms with van der Waals surface area (Å²) in [6, 6.07) is 9.36. The molecule has 0 radical (unpaired) electrons. The van der Waals surface area contributed by atoms with Gasteiger partial charge in [-0.05, 0) is 30.3 Å². The Morgan fingerprint density at radius 3 is 2.68 bits per heavy atom. The third-order valence-electron chi connectivity index (χ3n) is 2.72. The van der Waals surface area contributed by atoms with Gasteiger partial charge in [-0.2, -0.15) is 0 Å². The third kappa shape index (κ3) is 3.95. The van der Waals surface area contributed by atoms with E-state index in [1.54, 1.807) is 24.3 Å². The number of furan rings is 1. The first-order valence-corrected chi connectivity index (χ1v) is 6.40. The number of anilines is 1. The summed E-state index contributed by atoms with van der Waals surface area (Å²) in [6.07, 6.45) is 1.37. The van der Waals surface area contributed by atoms with Gasteiger partial charge in [0.25, 0.3) is 5.91 Å². The molecule has 0 atom stereocenters. The number of amides is 2. The minimum absolute atomic E-state index is 0.125. The predicted molar refractivity (Wildman–Crippen MR) is 77.5 cm³/mol. The van der Waals surface area contributed by atoms with Crippen LogP contribution < -0.4 is 10.6 Å². The van der Waals surface area contributed by atoms with Crippen molar-refractivity contribution >= 4 is 23.5 Å². The summed E-state index contributed by atoms with van der Waals surface area (Å²) in [4.78, 5) is 34.8. The molecule has 1 aromatic carbocycles. The van der Waals surface area contributed by atoms with Crippen LogP contribution in [0.15, 0.2) is 47.1 Å². The topological polar surface area (TPSA) is 97.6 Å². The molecule has 0 unspecified atom stereocenters. The largest absolute Gasteiger partial charge is 0.465 e. The number of methoxy groups -OCH3 is 1. The molecule has 0 fully saturated rings. The number of carbonyl (C=O) groups is 3. The number of esters is 1. The van der Waals surface area contributed by atoms with E-state index in [2.05, 4.69) is 15.4 Å². The first kappa shape index (κ1) is 15.3. The Morgan fingerprint density at radius 1 is 1.18 bits per heavy atom. The standard InChI is InChI=1S/C15H14N2O5/c1-21-15(20)10-4-2-5-11(8-10)17-13(18)9-16-14(19)12-6-3-7-22-12/h2-8H,9H2,1H3,(H,16,19)(H,17,18). The van der Waals surface area contributed by atoms with Crippen molar-refractivity contribution in [3.63, 3.8) is 0 Å². The van der Waals surface area contributed by atoms with E-state index in [1.807, 2.05) is 0 Å². The van der Waals surface area contributed by atoms with Gasteiger partial charge in [0.2, 0.25) is 5.91 Å². The fraction of sp³-hybridized carbons (Fsp3) is 0.133. The van der Waals surface area contributed by atoms with Gasteiger partial charge in [0.05, 0.1) is 25.5 Å². The van der Waals surface area contributed by atoms with Crippen molar-refractivity contribution in [3.8, 4) is 0 Å². The van der Waals surface area contributed by atoms with E-state index in [1.165, 1.54) is 25.5 Å². The van der Waals surface area contributed by atoms with Crippen molar-refractivity contribution in [3.05, 3.63) is 54.0 Å². The molecule has 0 bridgehead atoms. The Labute approximate surface area is 126 Å². The first-order valence-electron chi connectivity index (χ1n) is 6.40. The van der Waals surface area contributed by atoms with Crippen LogP contribution in [-0.4, -0.2) is 31.4 Å². The van der Waals surface area contributed by atoms with Crippen molar-refractivity contribution < 1.29 is 23.5 Å². The molecule has 7 heteroatoms. The SMILES string of the molecule is COC(=O)c1cccc(NC(=O)CNC(=O)c2ccco2)c1. The van der Waals surface area contributed by atoms with Crippen LogP contribution in [0.1, 0.15) is 20.9 Å². The maximum Gasteiger partial charge on any atom is 0.337 e. The van der Waals surface area contributed by atoms with E-state index >= 15 is 0 Å². The molecule has 7 nitrogen and oxygen atoms in total. The van der Waals surface area contributed by atoms with Crippen LogP contribution in [0, 0.1) is 0 Å². The lowest BCUT2D eigenvalue weighted by molar-refractivity contribution is -0.115. The molecule has 1 heterocycles. The van der Waals surface area contributed by atoms with Gasteiger partial charge in [0.1, 0.15) is 0 Å². The van der Waals surface area contributed by atoms with Crippen LogP contribution in [0.25, 0.3) is 0 Å². The maximum atomic E-state index is 11.8. The molecular weight excluding hydrogens is 288 g/mol. The highest BCUT2D eigenvalue weighted by atomic mass is 16.5. The minimum Gasteiger partial charge on any atom is -0.465 e. The summed E-state index contributed by atoms with van der Waals surface area (Å²) in [5.74, 6) is -1.28. The zero-order chi connectivity index (χ0) is 15.9. The molecule has 2 amide bonds. The Hall–Kier alpha value is -3.09. The van der Waals surface area contributed by atoms with Gasteiger partial charge < -0.3 is 19.8 Å². The number of nitrogens with one attached hydrogen (secondary N) is 2. The van der Waals surface area contributed by atoms with Crippen LogP contribution in [0.4, 0.5) is 5.69 Å². The summed E-state index contributed by atoms with van der Waals surface area (Å²) in [7, 11) is 1.28. The summed E-state index contributed by atoms with van der Waals surface area (Å²) in [5.41, 5.74) is 0.750. The Morgan fingerprint density at radius 2 is 2.00 bits per heavy atom. The number of benzene rings is 1. The molecule has 0 aliphatic rings. The van der Waals surface area contributed by atoms with E-state index in [-0.39, 0.29) is 12.3 Å². The number of hydrogen-bond acceptors (Lipinski definition) is 5. The highest BCUT2D eigenvalue weighted by molar-refractivity contribution is 5.98. The number of ether oxygens (including phenoxy) is 1. The van der Waals surface area contributed by atoms with Crippen LogP contribution in [0.2, 0.25) is 0 Å². The van der Waals surface area contributed by atoms with Gasteiger partial charge in [0, 0.05) is 5.69 Å². The Bertz CT molecular complexity index is 679. The lowest BCUT2D eigenvalue weighted by Gasteiger charge is -2.07. The molecule has 2 aromatic rings. The van der Waals surface area contributed by atoms with Crippen LogP contribution in [0.5, 0.6) is 0 Å². The lowest BCUT2D eigenvalue weighted by atomic mass is 10.2. The summed E-state index contributed by atoms with van der Waals surface area (Å²) in [5, 5.41) is 4.99. The zero-order valence-corrected chi connectivity index (χ0v) is 11.8. The van der Waals surface area contributed by atoms with Crippen LogP contribution >= 0.6 is 0 Å². The Balaban J connectivity index is 1.89. The second-order valence-corrected chi connectivity index (χ2v) is 4.28. The summed E-state index contributed by atoms with van der Waals surface area (Å²) in [6.45, 7) is -0.220. The summed E-state index contributed by atoms with van der Waals surface area (Å²) < 4.78 is 9.50. The third-order valence-corrected chi connectivity index (χ3v) is 2.72. The van der Waals surface area contributed by atoms with Crippen molar-refractivity contribution in [1.29, 1.82) is 0 Å². The molecule has 0 saturated heterocycles. The molecule has 2 N–H and O–H groups in total. The highest BCUT2D eigenvalue weighted by Crippen LogP contribution is 2.11. The van der Waals surface area contributed by atoms with E-state index < -0.39 is 17.8 Å². The fourth-order valence-corrected chi connectivity index (χ4v) is 1.70. The van der Waals surface area contributed by atoms with E-state index in [4.69, 9.17) is 4.42 Å². The average Bonchev–Trinajstić information content (AvgIpc) is 3.06. The minimum atomic E-state index is -0.498. The second kappa shape index (κ2) is 7.07. The van der Waals surface area contributed by atoms with Gasteiger partial charge in [-0.15, -0.1) is 0 Å². The summed E-state index contributed by atoms with van der Waals surface area (Å²) >= 11 is 0. The second-order valence-electron chi connectivity index (χ2n) is 4.28. The highest BCUT2D eigenvalue weighted by Gasteiger charge is 2.11. The molecule has 2 rings (SSSR count). The monoisotopic (exact) mass is 302 g/mol. The zero-order valence-electron chi connectivity index (χ0n) is 11.8. The van der Waals surface area contributed by atoms with Crippen molar-refractivity contribution in [2.45, 2.75) is 0 Å². The van der Waals surface area contributed by atoms with E-state index in [9.17, 15) is 14.4 Å². The molecular formula is C15H14N2O5. The Kier molecular flexibility index (Phi) is 4.92.